The van der Waals surface area contributed by atoms with Crippen molar-refractivity contribution in [2.24, 2.45) is 0 Å². The van der Waals surface area contributed by atoms with Gasteiger partial charge in [0.25, 0.3) is 0 Å². The lowest BCUT2D eigenvalue weighted by atomic mass is 10.1. The summed E-state index contributed by atoms with van der Waals surface area (Å²) in [5, 5.41) is 16.0. The van der Waals surface area contributed by atoms with Crippen molar-refractivity contribution in [1.82, 2.24) is 20.2 Å². The Hall–Kier alpha value is -3.03. The third-order valence-corrected chi connectivity index (χ3v) is 5.64. The molecule has 6 nitrogen and oxygen atoms in total. The number of hydrogen-bond acceptors (Lipinski definition) is 6. The molecule has 0 bridgehead atoms. The predicted octanol–water partition coefficient (Wildman–Crippen LogP) is 3.44. The fraction of sp³-hybridized carbons (Fsp3) is 0.333. The van der Waals surface area contributed by atoms with Crippen LogP contribution in [0.1, 0.15) is 18.1 Å². The van der Waals surface area contributed by atoms with E-state index in [1.54, 1.807) is 24.4 Å². The average Bonchev–Trinajstić information content (AvgIpc) is 2.78. The molecule has 1 unspecified atom stereocenters. The summed E-state index contributed by atoms with van der Waals surface area (Å²) in [5.41, 5.74) is 3.44. The molecule has 1 aliphatic rings. The van der Waals surface area contributed by atoms with Gasteiger partial charge in [0.1, 0.15) is 11.6 Å². The molecule has 2 aromatic carbocycles. The Labute approximate surface area is 182 Å². The van der Waals surface area contributed by atoms with Crippen molar-refractivity contribution in [2.75, 3.05) is 31.5 Å². The van der Waals surface area contributed by atoms with E-state index in [9.17, 15) is 9.50 Å². The second-order valence-electron chi connectivity index (χ2n) is 7.94. The molecule has 0 spiro atoms. The maximum absolute atomic E-state index is 14.5. The van der Waals surface area contributed by atoms with Crippen molar-refractivity contribution in [3.8, 4) is 17.0 Å². The van der Waals surface area contributed by atoms with Crippen LogP contribution in [0.5, 0.6) is 5.75 Å². The van der Waals surface area contributed by atoms with E-state index in [4.69, 9.17) is 0 Å². The highest BCUT2D eigenvalue weighted by Gasteiger charge is 2.19. The average molecular weight is 422 g/mol. The van der Waals surface area contributed by atoms with E-state index in [-0.39, 0.29) is 11.6 Å². The zero-order valence-corrected chi connectivity index (χ0v) is 17.7. The summed E-state index contributed by atoms with van der Waals surface area (Å²) in [4.78, 5) is 11.2. The van der Waals surface area contributed by atoms with Crippen LogP contribution in [0, 0.1) is 5.82 Å². The second-order valence-corrected chi connectivity index (χ2v) is 7.94. The molecule has 1 aromatic heterocycles. The molecule has 1 aliphatic heterocycles. The van der Waals surface area contributed by atoms with Crippen LogP contribution in [0.2, 0.25) is 0 Å². The molecule has 1 fully saturated rings. The van der Waals surface area contributed by atoms with Gasteiger partial charge in [-0.15, -0.1) is 0 Å². The molecule has 3 aromatic rings. The van der Waals surface area contributed by atoms with E-state index in [0.717, 1.165) is 42.9 Å². The Morgan fingerprint density at radius 3 is 2.84 bits per heavy atom. The number of nitrogens with one attached hydrogen (secondary N) is 2. The highest BCUT2D eigenvalue weighted by atomic mass is 19.1. The van der Waals surface area contributed by atoms with Gasteiger partial charge < -0.3 is 15.7 Å². The summed E-state index contributed by atoms with van der Waals surface area (Å²) in [6.45, 7) is 6.18. The topological polar surface area (TPSA) is 73.3 Å². The van der Waals surface area contributed by atoms with E-state index in [1.807, 2.05) is 24.3 Å². The predicted molar refractivity (Wildman–Crippen MR) is 120 cm³/mol. The Morgan fingerprint density at radius 1 is 1.19 bits per heavy atom. The molecule has 7 heteroatoms. The van der Waals surface area contributed by atoms with E-state index in [0.29, 0.717) is 30.6 Å². The van der Waals surface area contributed by atoms with Gasteiger partial charge in [-0.25, -0.2) is 14.4 Å². The van der Waals surface area contributed by atoms with Crippen LogP contribution in [0.15, 0.2) is 54.7 Å². The van der Waals surface area contributed by atoms with Gasteiger partial charge in [0.2, 0.25) is 5.95 Å². The van der Waals surface area contributed by atoms with Gasteiger partial charge in [0.15, 0.2) is 0 Å². The van der Waals surface area contributed by atoms with Gasteiger partial charge in [0.05, 0.1) is 5.69 Å². The number of nitrogens with zero attached hydrogens (tertiary/aromatic N) is 3. The third kappa shape index (κ3) is 5.57. The van der Waals surface area contributed by atoms with Crippen LogP contribution >= 0.6 is 0 Å². The summed E-state index contributed by atoms with van der Waals surface area (Å²) in [6, 6.07) is 14.6. The quantitative estimate of drug-likeness (QED) is 0.543. The Bertz CT molecular complexity index is 1010. The van der Waals surface area contributed by atoms with Gasteiger partial charge in [-0.05, 0) is 55.3 Å². The molecule has 0 radical (unpaired) electrons. The number of phenolic OH excluding ortho intramolecular Hbond substituents is 1. The molecule has 1 atom stereocenters. The highest BCUT2D eigenvalue weighted by molar-refractivity contribution is 5.61. The van der Waals surface area contributed by atoms with Gasteiger partial charge >= 0.3 is 0 Å². The first-order valence-corrected chi connectivity index (χ1v) is 10.7. The summed E-state index contributed by atoms with van der Waals surface area (Å²) in [5.74, 6) is 0.617. The number of anilines is 1. The number of aromatic hydroxyl groups is 1. The maximum Gasteiger partial charge on any atom is 0.223 e. The maximum atomic E-state index is 14.5. The minimum absolute atomic E-state index is 0.184. The molecule has 3 N–H and O–H groups in total. The lowest BCUT2D eigenvalue weighted by Crippen LogP contribution is -2.49. The summed E-state index contributed by atoms with van der Waals surface area (Å²) >= 11 is 0. The fourth-order valence-electron chi connectivity index (χ4n) is 3.78. The molecule has 0 amide bonds. The van der Waals surface area contributed by atoms with E-state index >= 15 is 0 Å². The number of aromatic nitrogens is 2. The molecule has 31 heavy (non-hydrogen) atoms. The summed E-state index contributed by atoms with van der Waals surface area (Å²) in [7, 11) is 0. The SMILES string of the molecule is CC1CNCCN1Cc1cc(-c2ccnc(NCCc3ccc(O)cc3)n2)ccc1F. The van der Waals surface area contributed by atoms with E-state index < -0.39 is 0 Å². The van der Waals surface area contributed by atoms with Crippen LogP contribution in [0.3, 0.4) is 0 Å². The first-order valence-electron chi connectivity index (χ1n) is 10.7. The van der Waals surface area contributed by atoms with Gasteiger partial charge in [-0.3, -0.25) is 4.90 Å². The number of halogens is 1. The van der Waals surface area contributed by atoms with Gasteiger partial charge in [-0.1, -0.05) is 12.1 Å². The third-order valence-electron chi connectivity index (χ3n) is 5.64. The molecule has 162 valence electrons. The van der Waals surface area contributed by atoms with Crippen LogP contribution in [0.4, 0.5) is 10.3 Å². The van der Waals surface area contributed by atoms with Crippen molar-refractivity contribution in [3.05, 3.63) is 71.7 Å². The minimum atomic E-state index is -0.184. The Kier molecular flexibility index (Phi) is 6.74. The van der Waals surface area contributed by atoms with Crippen LogP contribution in [-0.2, 0) is 13.0 Å². The van der Waals surface area contributed by atoms with Crippen molar-refractivity contribution in [2.45, 2.75) is 25.9 Å². The molecular weight excluding hydrogens is 393 g/mol. The van der Waals surface area contributed by atoms with Crippen molar-refractivity contribution in [3.63, 3.8) is 0 Å². The monoisotopic (exact) mass is 421 g/mol. The van der Waals surface area contributed by atoms with Gasteiger partial charge in [-0.2, -0.15) is 0 Å². The highest BCUT2D eigenvalue weighted by Crippen LogP contribution is 2.23. The molecular formula is C24H28FN5O. The molecule has 2 heterocycles. The van der Waals surface area contributed by atoms with Crippen LogP contribution in [0.25, 0.3) is 11.3 Å². The zero-order chi connectivity index (χ0) is 21.6. The smallest absolute Gasteiger partial charge is 0.223 e. The zero-order valence-electron chi connectivity index (χ0n) is 17.7. The van der Waals surface area contributed by atoms with Crippen molar-refractivity contribution >= 4 is 5.95 Å². The van der Waals surface area contributed by atoms with Crippen molar-refractivity contribution < 1.29 is 9.50 Å². The normalized spacial score (nSPS) is 16.9. The second kappa shape index (κ2) is 9.85. The lowest BCUT2D eigenvalue weighted by molar-refractivity contribution is 0.164. The Balaban J connectivity index is 1.43. The van der Waals surface area contributed by atoms with Gasteiger partial charge in [0, 0.05) is 56.1 Å². The number of rotatable bonds is 7. The van der Waals surface area contributed by atoms with Crippen LogP contribution in [-0.4, -0.2) is 52.2 Å². The van der Waals surface area contributed by atoms with Crippen molar-refractivity contribution in [1.29, 1.82) is 0 Å². The first-order chi connectivity index (χ1) is 15.1. The van der Waals surface area contributed by atoms with Crippen LogP contribution < -0.4 is 10.6 Å². The largest absolute Gasteiger partial charge is 0.508 e. The number of hydrogen-bond donors (Lipinski definition) is 3. The Morgan fingerprint density at radius 2 is 2.03 bits per heavy atom. The lowest BCUT2D eigenvalue weighted by Gasteiger charge is -2.34. The first kappa shape index (κ1) is 21.2. The van der Waals surface area contributed by atoms with E-state index in [2.05, 4.69) is 32.4 Å². The number of piperazine rings is 1. The molecule has 0 aliphatic carbocycles. The molecule has 4 rings (SSSR count). The minimum Gasteiger partial charge on any atom is -0.508 e. The summed E-state index contributed by atoms with van der Waals surface area (Å²) in [6.07, 6.45) is 2.50. The van der Waals surface area contributed by atoms with E-state index in [1.165, 1.54) is 6.07 Å². The summed E-state index contributed by atoms with van der Waals surface area (Å²) < 4.78 is 14.5. The standard InChI is InChI=1S/C24H28FN5O/c1-17-15-26-12-13-30(17)16-20-14-19(4-7-22(20)25)23-9-11-28-24(29-23)27-10-8-18-2-5-21(31)6-3-18/h2-7,9,11,14,17,26,31H,8,10,12-13,15-16H2,1H3,(H,27,28,29). The fourth-order valence-corrected chi connectivity index (χ4v) is 3.78. The molecule has 0 saturated carbocycles. The number of phenols is 1. The molecule has 1 saturated heterocycles. The number of benzene rings is 2.